The van der Waals surface area contributed by atoms with E-state index in [0.717, 1.165) is 13.0 Å². The molecule has 1 aliphatic heterocycles. The number of rotatable bonds is 7. The Kier molecular flexibility index (Phi) is 5.74. The molecular formula is C14H23N3O5S2. The number of methoxy groups -OCH3 is 1. The molecule has 1 aromatic carbocycles. The van der Waals surface area contributed by atoms with Crippen molar-refractivity contribution in [2.24, 2.45) is 0 Å². The van der Waals surface area contributed by atoms with Crippen LogP contribution in [0.2, 0.25) is 0 Å². The summed E-state index contributed by atoms with van der Waals surface area (Å²) in [4.78, 5) is 0.0128. The van der Waals surface area contributed by atoms with Gasteiger partial charge in [0.2, 0.25) is 20.0 Å². The summed E-state index contributed by atoms with van der Waals surface area (Å²) in [7, 11) is -4.30. The maximum absolute atomic E-state index is 12.8. The van der Waals surface area contributed by atoms with Gasteiger partial charge in [-0.15, -0.1) is 0 Å². The first-order valence-electron chi connectivity index (χ1n) is 7.58. The SMILES string of the molecule is CCS(=O)(=O)Nc1ccc(S(=O)(=O)N(C)C2CCNC2)c(OC)c1. The zero-order chi connectivity index (χ0) is 18.0. The average molecular weight is 377 g/mol. The Balaban J connectivity index is 2.36. The van der Waals surface area contributed by atoms with Gasteiger partial charge in [0.25, 0.3) is 0 Å². The number of hydrogen-bond acceptors (Lipinski definition) is 6. The molecule has 0 aliphatic carbocycles. The van der Waals surface area contributed by atoms with Crippen molar-refractivity contribution in [1.82, 2.24) is 9.62 Å². The number of sulfonamides is 2. The molecule has 1 saturated heterocycles. The van der Waals surface area contributed by atoms with Gasteiger partial charge in [-0.2, -0.15) is 4.31 Å². The molecule has 8 nitrogen and oxygen atoms in total. The van der Waals surface area contributed by atoms with Crippen LogP contribution >= 0.6 is 0 Å². The van der Waals surface area contributed by atoms with Gasteiger partial charge in [0.15, 0.2) is 0 Å². The monoisotopic (exact) mass is 377 g/mol. The fourth-order valence-corrected chi connectivity index (χ4v) is 4.65. The number of anilines is 1. The van der Waals surface area contributed by atoms with Crippen molar-refractivity contribution in [2.75, 3.05) is 37.7 Å². The van der Waals surface area contributed by atoms with Gasteiger partial charge in [-0.05, 0) is 32.0 Å². The van der Waals surface area contributed by atoms with Crippen molar-refractivity contribution >= 4 is 25.7 Å². The van der Waals surface area contributed by atoms with Crippen LogP contribution in [0.5, 0.6) is 5.75 Å². The number of nitrogens with one attached hydrogen (secondary N) is 2. The second-order valence-corrected chi connectivity index (χ2v) is 9.52. The third-order valence-corrected chi connectivity index (χ3v) is 7.28. The first-order chi connectivity index (χ1) is 11.2. The minimum Gasteiger partial charge on any atom is -0.495 e. The highest BCUT2D eigenvalue weighted by molar-refractivity contribution is 7.92. The molecule has 2 rings (SSSR count). The molecule has 0 aromatic heterocycles. The summed E-state index contributed by atoms with van der Waals surface area (Å²) in [5, 5.41) is 3.13. The van der Waals surface area contributed by atoms with Crippen LogP contribution in [0, 0.1) is 0 Å². The molecule has 1 aromatic rings. The standard InChI is InChI=1S/C14H23N3O5S2/c1-4-23(18,19)16-11-5-6-14(13(9-11)22-3)24(20,21)17(2)12-7-8-15-10-12/h5-6,9,12,15-16H,4,7-8,10H2,1-3H3. The second-order valence-electron chi connectivity index (χ2n) is 5.54. The number of ether oxygens (including phenoxy) is 1. The Bertz CT molecular complexity index is 787. The van der Waals surface area contributed by atoms with E-state index in [4.69, 9.17) is 4.74 Å². The first-order valence-corrected chi connectivity index (χ1v) is 10.7. The van der Waals surface area contributed by atoms with Gasteiger partial charge in [-0.3, -0.25) is 4.72 Å². The van der Waals surface area contributed by atoms with Crippen molar-refractivity contribution in [3.8, 4) is 5.75 Å². The lowest BCUT2D eigenvalue weighted by molar-refractivity contribution is 0.376. The molecule has 0 radical (unpaired) electrons. The predicted octanol–water partition coefficient (Wildman–Crippen LogP) is 0.439. The molecule has 1 aliphatic rings. The molecule has 24 heavy (non-hydrogen) atoms. The Morgan fingerprint density at radius 3 is 2.58 bits per heavy atom. The zero-order valence-corrected chi connectivity index (χ0v) is 15.6. The zero-order valence-electron chi connectivity index (χ0n) is 13.9. The fourth-order valence-electron chi connectivity index (χ4n) is 2.50. The van der Waals surface area contributed by atoms with E-state index in [1.54, 1.807) is 7.05 Å². The second kappa shape index (κ2) is 7.26. The molecule has 10 heteroatoms. The smallest absolute Gasteiger partial charge is 0.246 e. The summed E-state index contributed by atoms with van der Waals surface area (Å²) in [6.45, 7) is 2.90. The number of nitrogens with zero attached hydrogens (tertiary/aromatic N) is 1. The summed E-state index contributed by atoms with van der Waals surface area (Å²) >= 11 is 0. The third kappa shape index (κ3) is 4.00. The molecule has 0 amide bonds. The van der Waals surface area contributed by atoms with Gasteiger partial charge in [-0.1, -0.05) is 0 Å². The molecule has 136 valence electrons. The van der Waals surface area contributed by atoms with E-state index < -0.39 is 20.0 Å². The van der Waals surface area contributed by atoms with E-state index in [-0.39, 0.29) is 28.1 Å². The molecule has 2 N–H and O–H groups in total. The van der Waals surface area contributed by atoms with Crippen LogP contribution < -0.4 is 14.8 Å². The third-order valence-electron chi connectivity index (χ3n) is 4.02. The van der Waals surface area contributed by atoms with Crippen molar-refractivity contribution in [3.05, 3.63) is 18.2 Å². The predicted molar refractivity (Wildman–Crippen MR) is 92.3 cm³/mol. The highest BCUT2D eigenvalue weighted by Gasteiger charge is 2.32. The lowest BCUT2D eigenvalue weighted by Crippen LogP contribution is -2.38. The van der Waals surface area contributed by atoms with Crippen LogP contribution in [0.3, 0.4) is 0 Å². The maximum Gasteiger partial charge on any atom is 0.246 e. The molecular weight excluding hydrogens is 354 g/mol. The Morgan fingerprint density at radius 2 is 2.04 bits per heavy atom. The van der Waals surface area contributed by atoms with E-state index in [1.807, 2.05) is 0 Å². The Morgan fingerprint density at radius 1 is 1.33 bits per heavy atom. The van der Waals surface area contributed by atoms with E-state index in [1.165, 1.54) is 36.5 Å². The quantitative estimate of drug-likeness (QED) is 0.714. The van der Waals surface area contributed by atoms with Crippen molar-refractivity contribution in [1.29, 1.82) is 0 Å². The van der Waals surface area contributed by atoms with Crippen LogP contribution in [0.15, 0.2) is 23.1 Å². The summed E-state index contributed by atoms with van der Waals surface area (Å²) in [6.07, 6.45) is 0.742. The Labute approximate surface area is 143 Å². The van der Waals surface area contributed by atoms with Crippen LogP contribution in [-0.2, 0) is 20.0 Å². The van der Waals surface area contributed by atoms with Crippen LogP contribution in [0.1, 0.15) is 13.3 Å². The first kappa shape index (κ1) is 19.0. The van der Waals surface area contributed by atoms with Crippen molar-refractivity contribution < 1.29 is 21.6 Å². The van der Waals surface area contributed by atoms with Crippen LogP contribution in [-0.4, -0.2) is 60.2 Å². The van der Waals surface area contributed by atoms with Gasteiger partial charge >= 0.3 is 0 Å². The largest absolute Gasteiger partial charge is 0.495 e. The normalized spacial score (nSPS) is 18.8. The van der Waals surface area contributed by atoms with E-state index in [0.29, 0.717) is 6.54 Å². The molecule has 1 atom stereocenters. The lowest BCUT2D eigenvalue weighted by atomic mass is 10.3. The van der Waals surface area contributed by atoms with E-state index >= 15 is 0 Å². The summed E-state index contributed by atoms with van der Waals surface area (Å²) in [6, 6.07) is 4.04. The van der Waals surface area contributed by atoms with Crippen molar-refractivity contribution in [2.45, 2.75) is 24.3 Å². The molecule has 0 bridgehead atoms. The maximum atomic E-state index is 12.8. The highest BCUT2D eigenvalue weighted by atomic mass is 32.2. The molecule has 1 heterocycles. The molecule has 1 unspecified atom stereocenters. The van der Waals surface area contributed by atoms with Crippen LogP contribution in [0.4, 0.5) is 5.69 Å². The highest BCUT2D eigenvalue weighted by Crippen LogP contribution is 2.31. The number of likely N-dealkylation sites (N-methyl/N-ethyl adjacent to an activating group) is 1. The summed E-state index contributed by atoms with van der Waals surface area (Å²) in [5.74, 6) is 0.0244. The topological polar surface area (TPSA) is 105 Å². The number of benzene rings is 1. The van der Waals surface area contributed by atoms with Crippen LogP contribution in [0.25, 0.3) is 0 Å². The molecule has 0 saturated carbocycles. The fraction of sp³-hybridized carbons (Fsp3) is 0.571. The molecule has 1 fully saturated rings. The van der Waals surface area contributed by atoms with E-state index in [2.05, 4.69) is 10.0 Å². The van der Waals surface area contributed by atoms with Gasteiger partial charge in [0, 0.05) is 25.7 Å². The van der Waals surface area contributed by atoms with E-state index in [9.17, 15) is 16.8 Å². The van der Waals surface area contributed by atoms with Gasteiger partial charge in [-0.25, -0.2) is 16.8 Å². The van der Waals surface area contributed by atoms with Crippen molar-refractivity contribution in [3.63, 3.8) is 0 Å². The minimum atomic E-state index is -3.74. The lowest BCUT2D eigenvalue weighted by Gasteiger charge is -2.24. The molecule has 0 spiro atoms. The van der Waals surface area contributed by atoms with Gasteiger partial charge in [0.05, 0.1) is 18.6 Å². The minimum absolute atomic E-state index is 0.0128. The Hall–Kier alpha value is -1.36. The average Bonchev–Trinajstić information content (AvgIpc) is 3.07. The summed E-state index contributed by atoms with van der Waals surface area (Å²) in [5.41, 5.74) is 0.262. The van der Waals surface area contributed by atoms with Gasteiger partial charge < -0.3 is 10.1 Å². The van der Waals surface area contributed by atoms with Gasteiger partial charge in [0.1, 0.15) is 10.6 Å². The summed E-state index contributed by atoms with van der Waals surface area (Å²) < 4.78 is 57.8. The number of hydrogen-bond donors (Lipinski definition) is 2.